The van der Waals surface area contributed by atoms with Crippen LogP contribution < -0.4 is 16.0 Å². The summed E-state index contributed by atoms with van der Waals surface area (Å²) in [6.45, 7) is 3.97. The van der Waals surface area contributed by atoms with Crippen molar-refractivity contribution in [1.82, 2.24) is 25.2 Å². The van der Waals surface area contributed by atoms with Crippen LogP contribution in [0.4, 0.5) is 5.82 Å². The van der Waals surface area contributed by atoms with Gasteiger partial charge in [0, 0.05) is 19.8 Å². The zero-order valence-electron chi connectivity index (χ0n) is 17.7. The molecule has 7 heteroatoms. The van der Waals surface area contributed by atoms with E-state index in [1.165, 1.54) is 5.56 Å². The lowest BCUT2D eigenvalue weighted by atomic mass is 10.1. The average Bonchev–Trinajstić information content (AvgIpc) is 3.43. The van der Waals surface area contributed by atoms with E-state index in [-0.39, 0.29) is 12.3 Å². The van der Waals surface area contributed by atoms with Crippen molar-refractivity contribution in [2.24, 2.45) is 0 Å². The van der Waals surface area contributed by atoms with E-state index in [2.05, 4.69) is 73.1 Å². The molecule has 0 bridgehead atoms. The summed E-state index contributed by atoms with van der Waals surface area (Å²) in [7, 11) is 1.88. The molecule has 7 nitrogen and oxygen atoms in total. The van der Waals surface area contributed by atoms with Crippen LogP contribution in [0, 0.1) is 0 Å². The van der Waals surface area contributed by atoms with Gasteiger partial charge < -0.3 is 25.3 Å². The van der Waals surface area contributed by atoms with Crippen molar-refractivity contribution in [3.63, 3.8) is 0 Å². The highest BCUT2D eigenvalue weighted by atomic mass is 16.5. The van der Waals surface area contributed by atoms with E-state index in [0.717, 1.165) is 68.7 Å². The van der Waals surface area contributed by atoms with Crippen LogP contribution in [-0.4, -0.2) is 53.9 Å². The maximum absolute atomic E-state index is 6.29. The molecule has 3 aromatic rings. The molecule has 0 amide bonds. The Labute approximate surface area is 178 Å². The molecule has 2 atom stereocenters. The molecule has 2 aromatic heterocycles. The Balaban J connectivity index is 1.12. The van der Waals surface area contributed by atoms with Crippen LogP contribution in [0.3, 0.4) is 0 Å². The molecular weight excluding hydrogens is 376 g/mol. The number of hydrogen-bond donors (Lipinski definition) is 3. The van der Waals surface area contributed by atoms with E-state index in [9.17, 15) is 0 Å². The van der Waals surface area contributed by atoms with Crippen molar-refractivity contribution < 1.29 is 4.74 Å². The van der Waals surface area contributed by atoms with Crippen LogP contribution in [0.1, 0.15) is 31.1 Å². The number of aromatic nitrogens is 3. The molecule has 0 aliphatic carbocycles. The van der Waals surface area contributed by atoms with E-state index in [0.29, 0.717) is 0 Å². The van der Waals surface area contributed by atoms with Crippen LogP contribution in [-0.2, 0) is 11.2 Å². The first-order chi connectivity index (χ1) is 14.8. The van der Waals surface area contributed by atoms with E-state index in [1.54, 1.807) is 6.33 Å². The quantitative estimate of drug-likeness (QED) is 0.424. The highest BCUT2D eigenvalue weighted by molar-refractivity contribution is 5.87. The molecule has 3 N–H and O–H groups in total. The predicted molar refractivity (Wildman–Crippen MR) is 121 cm³/mol. The Morgan fingerprint density at radius 3 is 2.77 bits per heavy atom. The Morgan fingerprint density at radius 1 is 1.03 bits per heavy atom. The van der Waals surface area contributed by atoms with Crippen molar-refractivity contribution >= 4 is 16.9 Å². The second-order valence-corrected chi connectivity index (χ2v) is 7.77. The zero-order valence-corrected chi connectivity index (χ0v) is 17.7. The summed E-state index contributed by atoms with van der Waals surface area (Å²) in [5.74, 6) is 0.854. The predicted octanol–water partition coefficient (Wildman–Crippen LogP) is 2.96. The third-order valence-electron chi connectivity index (χ3n) is 5.65. The third kappa shape index (κ3) is 5.16. The number of ether oxygens (including phenoxy) is 1. The van der Waals surface area contributed by atoms with Gasteiger partial charge in [-0.15, -0.1) is 0 Å². The van der Waals surface area contributed by atoms with Crippen LogP contribution >= 0.6 is 0 Å². The summed E-state index contributed by atoms with van der Waals surface area (Å²) in [6, 6.07) is 12.7. The normalized spacial score (nSPS) is 18.8. The van der Waals surface area contributed by atoms with Crippen LogP contribution in [0.15, 0.2) is 48.9 Å². The summed E-state index contributed by atoms with van der Waals surface area (Å²) in [4.78, 5) is 8.74. The van der Waals surface area contributed by atoms with E-state index >= 15 is 0 Å². The molecule has 2 unspecified atom stereocenters. The molecule has 1 aromatic carbocycles. The molecule has 4 rings (SSSR count). The number of fused-ring (bicyclic) bond motifs is 1. The maximum atomic E-state index is 6.29. The van der Waals surface area contributed by atoms with Crippen molar-refractivity contribution in [3.05, 3.63) is 54.5 Å². The number of rotatable bonds is 11. The Kier molecular flexibility index (Phi) is 7.29. The first-order valence-corrected chi connectivity index (χ1v) is 11.0. The number of hydrogen-bond acceptors (Lipinski definition) is 6. The van der Waals surface area contributed by atoms with Crippen LogP contribution in [0.5, 0.6) is 0 Å². The second kappa shape index (κ2) is 10.5. The molecular formula is C23H32N6O. The van der Waals surface area contributed by atoms with E-state index in [1.807, 2.05) is 7.05 Å². The number of anilines is 1. The van der Waals surface area contributed by atoms with Crippen molar-refractivity contribution in [3.8, 4) is 0 Å². The molecule has 1 aliphatic heterocycles. The molecule has 160 valence electrons. The fraction of sp³-hybridized carbons (Fsp3) is 0.478. The van der Waals surface area contributed by atoms with Gasteiger partial charge in [-0.05, 0) is 56.9 Å². The monoisotopic (exact) mass is 408 g/mol. The van der Waals surface area contributed by atoms with Gasteiger partial charge in [-0.2, -0.15) is 0 Å². The summed E-state index contributed by atoms with van der Waals surface area (Å²) in [5, 5.41) is 11.2. The van der Waals surface area contributed by atoms with Crippen LogP contribution in [0.2, 0.25) is 0 Å². The van der Waals surface area contributed by atoms with Crippen molar-refractivity contribution in [2.45, 2.75) is 38.0 Å². The lowest BCUT2D eigenvalue weighted by molar-refractivity contribution is 0.00533. The molecule has 30 heavy (non-hydrogen) atoms. The van der Waals surface area contributed by atoms with Crippen LogP contribution in [0.25, 0.3) is 11.0 Å². The largest absolute Gasteiger partial charge is 0.372 e. The Hall–Kier alpha value is -2.48. The molecule has 1 aliphatic rings. The fourth-order valence-corrected chi connectivity index (χ4v) is 4.05. The highest BCUT2D eigenvalue weighted by Gasteiger charge is 2.27. The number of nitrogens with zero attached hydrogens (tertiary/aromatic N) is 3. The lowest BCUT2D eigenvalue weighted by Crippen LogP contribution is -2.29. The minimum atomic E-state index is 0.0496. The molecule has 0 spiro atoms. The van der Waals surface area contributed by atoms with Gasteiger partial charge >= 0.3 is 0 Å². The van der Waals surface area contributed by atoms with Gasteiger partial charge in [0.2, 0.25) is 0 Å². The summed E-state index contributed by atoms with van der Waals surface area (Å²) < 4.78 is 8.42. The van der Waals surface area contributed by atoms with Gasteiger partial charge in [0.15, 0.2) is 0 Å². The van der Waals surface area contributed by atoms with Crippen molar-refractivity contribution in [1.29, 1.82) is 0 Å². The second-order valence-electron chi connectivity index (χ2n) is 7.77. The number of nitrogens with one attached hydrogen (secondary N) is 3. The molecule has 0 saturated carbocycles. The van der Waals surface area contributed by atoms with Gasteiger partial charge in [0.1, 0.15) is 24.0 Å². The van der Waals surface area contributed by atoms with E-state index in [4.69, 9.17) is 4.74 Å². The summed E-state index contributed by atoms with van der Waals surface area (Å²) in [5.41, 5.74) is 2.31. The zero-order chi connectivity index (χ0) is 20.6. The molecule has 0 radical (unpaired) electrons. The summed E-state index contributed by atoms with van der Waals surface area (Å²) in [6.07, 6.45) is 8.25. The molecule has 1 saturated heterocycles. The lowest BCUT2D eigenvalue weighted by Gasteiger charge is -2.16. The van der Waals surface area contributed by atoms with Gasteiger partial charge in [0.25, 0.3) is 0 Å². The number of benzene rings is 1. The van der Waals surface area contributed by atoms with Gasteiger partial charge in [-0.25, -0.2) is 9.97 Å². The smallest absolute Gasteiger partial charge is 0.147 e. The molecule has 3 heterocycles. The Morgan fingerprint density at radius 2 is 1.90 bits per heavy atom. The molecule has 1 fully saturated rings. The standard InChI is InChI=1S/C23H32N6O/c1-24-22-20-11-15-29(23(20)28-17-27-22)21-9-8-19(30-21)16-26-13-5-12-25-14-10-18-6-3-2-4-7-18/h2-4,6-7,11,15,17,19,21,25-26H,5,8-10,12-14,16H2,1H3,(H,24,27,28). The van der Waals surface area contributed by atoms with Crippen molar-refractivity contribution in [2.75, 3.05) is 38.5 Å². The fourth-order valence-electron chi connectivity index (χ4n) is 4.05. The topological polar surface area (TPSA) is 76.0 Å². The highest BCUT2D eigenvalue weighted by Crippen LogP contribution is 2.32. The SMILES string of the molecule is CNc1ncnc2c1ccn2C1CCC(CNCCCNCCc2ccccc2)O1. The Bertz CT molecular complexity index is 912. The minimum absolute atomic E-state index is 0.0496. The van der Waals surface area contributed by atoms with Gasteiger partial charge in [-0.3, -0.25) is 0 Å². The third-order valence-corrected chi connectivity index (χ3v) is 5.65. The van der Waals surface area contributed by atoms with Gasteiger partial charge in [0.05, 0.1) is 11.5 Å². The van der Waals surface area contributed by atoms with E-state index < -0.39 is 0 Å². The average molecular weight is 409 g/mol. The maximum Gasteiger partial charge on any atom is 0.147 e. The first kappa shape index (κ1) is 20.8. The summed E-state index contributed by atoms with van der Waals surface area (Å²) >= 11 is 0. The first-order valence-electron chi connectivity index (χ1n) is 11.0. The van der Waals surface area contributed by atoms with Gasteiger partial charge in [-0.1, -0.05) is 30.3 Å². The minimum Gasteiger partial charge on any atom is -0.372 e.